The van der Waals surface area contributed by atoms with Gasteiger partial charge in [-0.15, -0.1) is 11.3 Å². The first-order chi connectivity index (χ1) is 9.20. The molecule has 3 atom stereocenters. The van der Waals surface area contributed by atoms with E-state index in [1.807, 2.05) is 11.6 Å². The maximum absolute atomic E-state index is 6.18. The summed E-state index contributed by atoms with van der Waals surface area (Å²) in [5.74, 6) is 6.53. The van der Waals surface area contributed by atoms with Crippen LogP contribution in [-0.4, -0.2) is 23.2 Å². The van der Waals surface area contributed by atoms with Gasteiger partial charge in [-0.25, -0.2) is 4.98 Å². The summed E-state index contributed by atoms with van der Waals surface area (Å²) in [6.45, 7) is 5.12. The molecule has 5 heteroatoms. The fraction of sp³-hybridized carbons (Fsp3) is 0.786. The van der Waals surface area contributed by atoms with Gasteiger partial charge in [0.05, 0.1) is 16.7 Å². The van der Waals surface area contributed by atoms with Crippen LogP contribution in [0.25, 0.3) is 0 Å². The molecule has 0 amide bonds. The molecule has 1 saturated carbocycles. The maximum Gasteiger partial charge on any atom is 0.0942 e. The van der Waals surface area contributed by atoms with Crippen LogP contribution >= 0.6 is 11.3 Å². The van der Waals surface area contributed by atoms with Gasteiger partial charge in [0.25, 0.3) is 0 Å². The summed E-state index contributed by atoms with van der Waals surface area (Å²) >= 11 is 1.69. The first-order valence-corrected chi connectivity index (χ1v) is 8.06. The molecule has 0 spiro atoms. The van der Waals surface area contributed by atoms with Gasteiger partial charge in [-0.2, -0.15) is 0 Å². The van der Waals surface area contributed by atoms with Gasteiger partial charge < -0.3 is 4.74 Å². The Kier molecular flexibility index (Phi) is 5.33. The van der Waals surface area contributed by atoms with Crippen LogP contribution in [0.15, 0.2) is 11.6 Å². The Morgan fingerprint density at radius 3 is 3.11 bits per heavy atom. The van der Waals surface area contributed by atoms with Crippen LogP contribution in [-0.2, 0) is 11.2 Å². The van der Waals surface area contributed by atoms with Crippen molar-refractivity contribution in [3.63, 3.8) is 0 Å². The van der Waals surface area contributed by atoms with Gasteiger partial charge in [0.2, 0.25) is 0 Å². The molecule has 1 aliphatic rings. The van der Waals surface area contributed by atoms with E-state index in [4.69, 9.17) is 10.6 Å². The average Bonchev–Trinajstić information content (AvgIpc) is 2.89. The average molecular weight is 283 g/mol. The van der Waals surface area contributed by atoms with Crippen molar-refractivity contribution in [2.45, 2.75) is 57.6 Å². The molecule has 1 aromatic heterocycles. The summed E-state index contributed by atoms with van der Waals surface area (Å²) in [7, 11) is 0. The highest BCUT2D eigenvalue weighted by Gasteiger charge is 2.42. The molecule has 108 valence electrons. The molecular weight excluding hydrogens is 258 g/mol. The third-order valence-electron chi connectivity index (χ3n) is 4.12. The highest BCUT2D eigenvalue weighted by Crippen LogP contribution is 2.38. The molecule has 0 radical (unpaired) electrons. The van der Waals surface area contributed by atoms with Crippen molar-refractivity contribution in [3.8, 4) is 0 Å². The van der Waals surface area contributed by atoms with Crippen molar-refractivity contribution in [1.82, 2.24) is 10.4 Å². The number of nitrogens with two attached hydrogens (primary N) is 1. The second-order valence-electron chi connectivity index (χ2n) is 5.55. The zero-order valence-electron chi connectivity index (χ0n) is 11.9. The van der Waals surface area contributed by atoms with Gasteiger partial charge in [-0.05, 0) is 25.7 Å². The molecule has 0 aliphatic heterocycles. The third kappa shape index (κ3) is 3.54. The van der Waals surface area contributed by atoms with Crippen molar-refractivity contribution < 1.29 is 4.74 Å². The minimum Gasteiger partial charge on any atom is -0.374 e. The zero-order chi connectivity index (χ0) is 13.7. The van der Waals surface area contributed by atoms with Gasteiger partial charge in [0.1, 0.15) is 0 Å². The lowest BCUT2D eigenvalue weighted by Gasteiger charge is -2.45. The first-order valence-electron chi connectivity index (χ1n) is 7.18. The Balaban J connectivity index is 2.14. The van der Waals surface area contributed by atoms with Crippen molar-refractivity contribution in [2.24, 2.45) is 11.8 Å². The monoisotopic (exact) mass is 283 g/mol. The van der Waals surface area contributed by atoms with E-state index in [9.17, 15) is 0 Å². The van der Waals surface area contributed by atoms with Gasteiger partial charge in [-0.3, -0.25) is 11.3 Å². The number of hydrazine groups is 1. The third-order valence-corrected chi connectivity index (χ3v) is 4.92. The number of ether oxygens (including phenoxy) is 1. The van der Waals surface area contributed by atoms with Crippen molar-refractivity contribution in [1.29, 1.82) is 0 Å². The number of thiazole rings is 1. The van der Waals surface area contributed by atoms with E-state index in [1.165, 1.54) is 12.8 Å². The Labute approximate surface area is 119 Å². The molecule has 3 unspecified atom stereocenters. The van der Waals surface area contributed by atoms with Crippen LogP contribution in [0, 0.1) is 5.92 Å². The quantitative estimate of drug-likeness (QED) is 0.622. The van der Waals surface area contributed by atoms with Crippen LogP contribution in [0.4, 0.5) is 0 Å². The van der Waals surface area contributed by atoms with Gasteiger partial charge in [0, 0.05) is 24.6 Å². The molecule has 4 nitrogen and oxygen atoms in total. The fourth-order valence-corrected chi connectivity index (χ4v) is 3.97. The summed E-state index contributed by atoms with van der Waals surface area (Å²) in [4.78, 5) is 4.38. The number of nitrogens with one attached hydrogen (secondary N) is 1. The molecule has 1 heterocycles. The smallest absolute Gasteiger partial charge is 0.0942 e. The normalized spacial score (nSPS) is 29.3. The van der Waals surface area contributed by atoms with E-state index in [1.54, 1.807) is 11.3 Å². The molecular formula is C14H25N3OS. The second kappa shape index (κ2) is 6.79. The standard InChI is InChI=1S/C14H25N3OS/c1-3-18-14(6-4-5-11(2)10-14)12(17-15)9-13-16-7-8-19-13/h7-8,11-12,17H,3-6,9-10,15H2,1-2H3. The largest absolute Gasteiger partial charge is 0.374 e. The number of nitrogens with zero attached hydrogens (tertiary/aromatic N) is 1. The van der Waals surface area contributed by atoms with Crippen LogP contribution in [0.1, 0.15) is 44.5 Å². The van der Waals surface area contributed by atoms with E-state index < -0.39 is 0 Å². The molecule has 1 aliphatic carbocycles. The summed E-state index contributed by atoms with van der Waals surface area (Å²) < 4.78 is 6.18. The molecule has 19 heavy (non-hydrogen) atoms. The molecule has 0 bridgehead atoms. The Bertz CT molecular complexity index is 367. The molecule has 0 saturated heterocycles. The van der Waals surface area contributed by atoms with Crippen LogP contribution in [0.2, 0.25) is 0 Å². The lowest BCUT2D eigenvalue weighted by molar-refractivity contribution is -0.100. The first kappa shape index (κ1) is 14.9. The molecule has 2 rings (SSSR count). The topological polar surface area (TPSA) is 60.2 Å². The van der Waals surface area contributed by atoms with E-state index in [0.29, 0.717) is 5.92 Å². The number of hydrogen-bond donors (Lipinski definition) is 2. The number of aromatic nitrogens is 1. The summed E-state index contributed by atoms with van der Waals surface area (Å²) in [6.07, 6.45) is 7.39. The maximum atomic E-state index is 6.18. The summed E-state index contributed by atoms with van der Waals surface area (Å²) in [5, 5.41) is 3.14. The lowest BCUT2D eigenvalue weighted by Crippen LogP contribution is -2.57. The Morgan fingerprint density at radius 2 is 2.53 bits per heavy atom. The fourth-order valence-electron chi connectivity index (χ4n) is 3.30. The zero-order valence-corrected chi connectivity index (χ0v) is 12.7. The van der Waals surface area contributed by atoms with Crippen molar-refractivity contribution >= 4 is 11.3 Å². The Hall–Kier alpha value is -0.490. The summed E-state index contributed by atoms with van der Waals surface area (Å²) in [5.41, 5.74) is 2.87. The molecule has 3 N–H and O–H groups in total. The lowest BCUT2D eigenvalue weighted by atomic mass is 9.74. The van der Waals surface area contributed by atoms with E-state index >= 15 is 0 Å². The SMILES string of the molecule is CCOC1(C(Cc2nccs2)NN)CCCC(C)C1. The van der Waals surface area contributed by atoms with Gasteiger partial charge in [0.15, 0.2) is 0 Å². The molecule has 1 fully saturated rings. The predicted molar refractivity (Wildman–Crippen MR) is 78.9 cm³/mol. The van der Waals surface area contributed by atoms with Crippen LogP contribution in [0.5, 0.6) is 0 Å². The molecule has 0 aromatic carbocycles. The number of rotatable bonds is 6. The second-order valence-corrected chi connectivity index (χ2v) is 6.53. The van der Waals surface area contributed by atoms with E-state index in [2.05, 4.69) is 24.3 Å². The van der Waals surface area contributed by atoms with E-state index in [-0.39, 0.29) is 11.6 Å². The van der Waals surface area contributed by atoms with Gasteiger partial charge >= 0.3 is 0 Å². The van der Waals surface area contributed by atoms with Crippen molar-refractivity contribution in [2.75, 3.05) is 6.61 Å². The van der Waals surface area contributed by atoms with Crippen molar-refractivity contribution in [3.05, 3.63) is 16.6 Å². The van der Waals surface area contributed by atoms with E-state index in [0.717, 1.165) is 30.9 Å². The summed E-state index contributed by atoms with van der Waals surface area (Å²) in [6, 6.07) is 0.140. The molecule has 1 aromatic rings. The van der Waals surface area contributed by atoms with Crippen LogP contribution < -0.4 is 11.3 Å². The van der Waals surface area contributed by atoms with Crippen LogP contribution in [0.3, 0.4) is 0 Å². The minimum atomic E-state index is -0.132. The number of hydrogen-bond acceptors (Lipinski definition) is 5. The highest BCUT2D eigenvalue weighted by atomic mass is 32.1. The minimum absolute atomic E-state index is 0.132. The highest BCUT2D eigenvalue weighted by molar-refractivity contribution is 7.09. The van der Waals surface area contributed by atoms with Gasteiger partial charge in [-0.1, -0.05) is 19.8 Å². The Morgan fingerprint density at radius 1 is 1.68 bits per heavy atom. The predicted octanol–water partition coefficient (Wildman–Crippen LogP) is 2.50.